The summed E-state index contributed by atoms with van der Waals surface area (Å²) in [5.74, 6) is 0.206. The highest BCUT2D eigenvalue weighted by Crippen LogP contribution is 2.31. The summed E-state index contributed by atoms with van der Waals surface area (Å²) in [4.78, 5) is 2.38. The van der Waals surface area contributed by atoms with Crippen molar-refractivity contribution < 1.29 is 14.9 Å². The molecule has 0 amide bonds. The summed E-state index contributed by atoms with van der Waals surface area (Å²) in [7, 11) is 0. The van der Waals surface area contributed by atoms with Crippen LogP contribution in [0.3, 0.4) is 0 Å². The molecule has 0 saturated carbocycles. The van der Waals surface area contributed by atoms with E-state index in [-0.39, 0.29) is 0 Å². The Labute approximate surface area is 202 Å². The molecule has 5 rings (SSSR count). The predicted octanol–water partition coefficient (Wildman–Crippen LogP) is 5.20. The fourth-order valence-electron chi connectivity index (χ4n) is 5.23. The second-order valence-corrected chi connectivity index (χ2v) is 10.0. The predicted molar refractivity (Wildman–Crippen MR) is 136 cm³/mol. The average molecular weight is 458 g/mol. The smallest absolute Gasteiger partial charge is 0.164 e. The van der Waals surface area contributed by atoms with Crippen LogP contribution in [0.2, 0.25) is 0 Å². The van der Waals surface area contributed by atoms with Crippen molar-refractivity contribution in [2.24, 2.45) is 5.92 Å². The molecule has 3 aromatic rings. The molecule has 1 heterocycles. The van der Waals surface area contributed by atoms with E-state index in [1.54, 1.807) is 0 Å². The molecular weight excluding hydrogens is 422 g/mol. The van der Waals surface area contributed by atoms with Gasteiger partial charge in [0.15, 0.2) is 5.79 Å². The first kappa shape index (κ1) is 23.1. The molecule has 2 aliphatic rings. The number of fused-ring (bicyclic) bond motifs is 1. The third kappa shape index (κ3) is 5.87. The highest BCUT2D eigenvalue weighted by Gasteiger charge is 2.29. The Bertz CT molecular complexity index is 1070. The van der Waals surface area contributed by atoms with Gasteiger partial charge in [0.2, 0.25) is 0 Å². The molecule has 1 aliphatic heterocycles. The van der Waals surface area contributed by atoms with Gasteiger partial charge in [0, 0.05) is 25.9 Å². The van der Waals surface area contributed by atoms with Crippen molar-refractivity contribution in [3.05, 3.63) is 89.5 Å². The summed E-state index contributed by atoms with van der Waals surface area (Å²) in [5.41, 5.74) is 6.52. The lowest BCUT2D eigenvalue weighted by molar-refractivity contribution is -0.188. The minimum absolute atomic E-state index is 0.459. The quantitative estimate of drug-likeness (QED) is 0.479. The molecule has 0 spiro atoms. The van der Waals surface area contributed by atoms with Gasteiger partial charge in [-0.2, -0.15) is 0 Å². The van der Waals surface area contributed by atoms with Crippen LogP contribution in [0.1, 0.15) is 42.4 Å². The first-order chi connectivity index (χ1) is 16.5. The largest absolute Gasteiger partial charge is 0.489 e. The molecule has 4 nitrogen and oxygen atoms in total. The Morgan fingerprint density at radius 2 is 1.59 bits per heavy atom. The molecule has 0 aromatic heterocycles. The zero-order chi connectivity index (χ0) is 23.4. The summed E-state index contributed by atoms with van der Waals surface area (Å²) in [6, 6.07) is 25.7. The van der Waals surface area contributed by atoms with Crippen molar-refractivity contribution in [3.8, 4) is 16.9 Å². The van der Waals surface area contributed by atoms with Crippen molar-refractivity contribution in [3.63, 3.8) is 0 Å². The topological polar surface area (TPSA) is 52.9 Å². The molecule has 3 aromatic carbocycles. The van der Waals surface area contributed by atoms with Gasteiger partial charge in [-0.15, -0.1) is 0 Å². The van der Waals surface area contributed by atoms with E-state index < -0.39 is 5.79 Å². The van der Waals surface area contributed by atoms with Crippen LogP contribution >= 0.6 is 0 Å². The first-order valence-corrected chi connectivity index (χ1v) is 12.6. The highest BCUT2D eigenvalue weighted by atomic mass is 16.5. The number of hydrogen-bond acceptors (Lipinski definition) is 4. The van der Waals surface area contributed by atoms with Gasteiger partial charge in [-0.1, -0.05) is 60.7 Å². The molecule has 1 fully saturated rings. The summed E-state index contributed by atoms with van der Waals surface area (Å²) in [6.07, 6.45) is 5.56. The molecule has 2 N–H and O–H groups in total. The second-order valence-electron chi connectivity index (χ2n) is 10.0. The first-order valence-electron chi connectivity index (χ1n) is 12.6. The van der Waals surface area contributed by atoms with Crippen molar-refractivity contribution in [1.29, 1.82) is 0 Å². The van der Waals surface area contributed by atoms with Crippen molar-refractivity contribution in [2.45, 2.75) is 50.9 Å². The number of nitrogens with zero attached hydrogens (tertiary/aromatic N) is 1. The maximum Gasteiger partial charge on any atom is 0.164 e. The van der Waals surface area contributed by atoms with Gasteiger partial charge in [-0.05, 0) is 78.1 Å². The van der Waals surface area contributed by atoms with E-state index in [1.807, 2.05) is 6.07 Å². The number of benzene rings is 3. The molecule has 0 radical (unpaired) electrons. The number of ether oxygens (including phenoxy) is 1. The minimum atomic E-state index is -1.45. The van der Waals surface area contributed by atoms with E-state index in [9.17, 15) is 10.2 Å². The van der Waals surface area contributed by atoms with Gasteiger partial charge < -0.3 is 19.8 Å². The van der Waals surface area contributed by atoms with Crippen molar-refractivity contribution >= 4 is 0 Å². The fraction of sp³-hybridized carbons (Fsp3) is 0.400. The Kier molecular flexibility index (Phi) is 7.00. The van der Waals surface area contributed by atoms with Crippen molar-refractivity contribution in [2.75, 3.05) is 19.6 Å². The summed E-state index contributed by atoms with van der Waals surface area (Å²) < 4.78 is 6.13. The van der Waals surface area contributed by atoms with Gasteiger partial charge in [0.1, 0.15) is 12.4 Å². The lowest BCUT2D eigenvalue weighted by atomic mass is 9.82. The maximum atomic E-state index is 9.72. The standard InChI is InChI=1S/C30H35NO3/c32-30(33)15-18-31(19-16-30)17-14-23-6-11-28-21-29(13-12-27(28)20-23)34-22-24-7-9-26(10-8-24)25-4-2-1-3-5-25/h1-5,7-10,12-13,21,23,32-33H,6,11,14-20,22H2. The molecule has 178 valence electrons. The number of piperidine rings is 1. The van der Waals surface area contributed by atoms with Crippen LogP contribution in [0, 0.1) is 5.92 Å². The van der Waals surface area contributed by atoms with E-state index in [4.69, 9.17) is 4.74 Å². The van der Waals surface area contributed by atoms with Crippen LogP contribution < -0.4 is 4.74 Å². The number of aryl methyl sites for hydroxylation is 1. The van der Waals surface area contributed by atoms with E-state index in [0.717, 1.165) is 38.2 Å². The van der Waals surface area contributed by atoms with Crippen LogP contribution in [0.25, 0.3) is 11.1 Å². The van der Waals surface area contributed by atoms with Gasteiger partial charge in [0.25, 0.3) is 0 Å². The summed E-state index contributed by atoms with van der Waals surface area (Å²) >= 11 is 0. The average Bonchev–Trinajstić information content (AvgIpc) is 2.87. The second kappa shape index (κ2) is 10.3. The van der Waals surface area contributed by atoms with Crippen LogP contribution in [-0.2, 0) is 19.4 Å². The van der Waals surface area contributed by atoms with Gasteiger partial charge in [-0.25, -0.2) is 0 Å². The number of rotatable bonds is 7. The van der Waals surface area contributed by atoms with Crippen molar-refractivity contribution in [1.82, 2.24) is 4.90 Å². The van der Waals surface area contributed by atoms with E-state index in [0.29, 0.717) is 25.4 Å². The van der Waals surface area contributed by atoms with Crippen LogP contribution in [0.4, 0.5) is 0 Å². The Balaban J connectivity index is 1.11. The zero-order valence-electron chi connectivity index (χ0n) is 19.8. The lowest BCUT2D eigenvalue weighted by Gasteiger charge is -2.35. The molecular formula is C30H35NO3. The van der Waals surface area contributed by atoms with Gasteiger partial charge in [-0.3, -0.25) is 0 Å². The fourth-order valence-corrected chi connectivity index (χ4v) is 5.23. The number of likely N-dealkylation sites (tertiary alicyclic amines) is 1. The summed E-state index contributed by atoms with van der Waals surface area (Å²) in [5, 5.41) is 19.4. The number of aliphatic hydroxyl groups is 2. The monoisotopic (exact) mass is 457 g/mol. The third-order valence-electron chi connectivity index (χ3n) is 7.49. The Hall–Kier alpha value is -2.66. The van der Waals surface area contributed by atoms with Crippen LogP contribution in [-0.4, -0.2) is 40.5 Å². The zero-order valence-corrected chi connectivity index (χ0v) is 19.8. The minimum Gasteiger partial charge on any atom is -0.489 e. The molecule has 1 aliphatic carbocycles. The maximum absolute atomic E-state index is 9.72. The Morgan fingerprint density at radius 1 is 0.853 bits per heavy atom. The number of hydrogen-bond donors (Lipinski definition) is 2. The molecule has 34 heavy (non-hydrogen) atoms. The van der Waals surface area contributed by atoms with Gasteiger partial charge in [0.05, 0.1) is 0 Å². The SMILES string of the molecule is OC1(O)CCN(CCC2CCc3cc(OCc4ccc(-c5ccccc5)cc4)ccc3C2)CC1. The highest BCUT2D eigenvalue weighted by molar-refractivity contribution is 5.63. The van der Waals surface area contributed by atoms with Crippen LogP contribution in [0.15, 0.2) is 72.8 Å². The third-order valence-corrected chi connectivity index (χ3v) is 7.49. The molecule has 4 heteroatoms. The molecule has 0 bridgehead atoms. The summed E-state index contributed by atoms with van der Waals surface area (Å²) in [6.45, 7) is 3.20. The Morgan fingerprint density at radius 3 is 2.35 bits per heavy atom. The molecule has 1 unspecified atom stereocenters. The lowest BCUT2D eigenvalue weighted by Crippen LogP contribution is -2.44. The molecule has 1 saturated heterocycles. The normalized spacial score (nSPS) is 20.0. The molecule has 1 atom stereocenters. The van der Waals surface area contributed by atoms with E-state index in [2.05, 4.69) is 71.6 Å². The van der Waals surface area contributed by atoms with Gasteiger partial charge >= 0.3 is 0 Å². The van der Waals surface area contributed by atoms with E-state index in [1.165, 1.54) is 40.7 Å². The van der Waals surface area contributed by atoms with Crippen LogP contribution in [0.5, 0.6) is 5.75 Å². The van der Waals surface area contributed by atoms with E-state index >= 15 is 0 Å².